The van der Waals surface area contributed by atoms with E-state index in [0.717, 1.165) is 5.69 Å². The first-order valence-corrected chi connectivity index (χ1v) is 6.81. The summed E-state index contributed by atoms with van der Waals surface area (Å²) in [5.74, 6) is 1.09. The second-order valence-corrected chi connectivity index (χ2v) is 6.05. The van der Waals surface area contributed by atoms with Crippen molar-refractivity contribution >= 4 is 11.6 Å². The molecular formula is C16H20N2O3. The van der Waals surface area contributed by atoms with Crippen molar-refractivity contribution in [3.8, 4) is 5.75 Å². The van der Waals surface area contributed by atoms with Gasteiger partial charge in [0.1, 0.15) is 11.5 Å². The number of aromatic nitrogens is 1. The van der Waals surface area contributed by atoms with Crippen LogP contribution in [0.1, 0.15) is 38.1 Å². The highest BCUT2D eigenvalue weighted by Gasteiger charge is 2.23. The summed E-state index contributed by atoms with van der Waals surface area (Å²) in [6.45, 7) is 7.86. The Balaban J connectivity index is 2.08. The number of phenolic OH excluding ortho intramolecular Hbond substituents is 1. The van der Waals surface area contributed by atoms with Crippen molar-refractivity contribution in [2.45, 2.75) is 39.5 Å². The maximum atomic E-state index is 12.0. The van der Waals surface area contributed by atoms with Gasteiger partial charge in [-0.15, -0.1) is 0 Å². The van der Waals surface area contributed by atoms with Crippen molar-refractivity contribution in [1.82, 2.24) is 4.98 Å². The monoisotopic (exact) mass is 288 g/mol. The minimum Gasteiger partial charge on any atom is -0.508 e. The minimum absolute atomic E-state index is 0.110. The van der Waals surface area contributed by atoms with E-state index in [9.17, 15) is 9.90 Å². The number of benzene rings is 1. The summed E-state index contributed by atoms with van der Waals surface area (Å²) in [6, 6.07) is 6.42. The van der Waals surface area contributed by atoms with Gasteiger partial charge in [0, 0.05) is 17.2 Å². The molecule has 0 unspecified atom stereocenters. The first-order chi connectivity index (χ1) is 9.75. The Morgan fingerprint density at radius 1 is 1.38 bits per heavy atom. The summed E-state index contributed by atoms with van der Waals surface area (Å²) in [6.07, 6.45) is 0.116. The number of phenols is 1. The van der Waals surface area contributed by atoms with Crippen LogP contribution in [0.4, 0.5) is 5.69 Å². The predicted octanol–water partition coefficient (Wildman–Crippen LogP) is 3.17. The molecule has 0 spiro atoms. The average Bonchev–Trinajstić information content (AvgIpc) is 2.70. The van der Waals surface area contributed by atoms with Crippen molar-refractivity contribution in [3.05, 3.63) is 41.6 Å². The highest BCUT2D eigenvalue weighted by Crippen LogP contribution is 2.24. The fourth-order valence-corrected chi connectivity index (χ4v) is 1.85. The molecule has 5 nitrogen and oxygen atoms in total. The fraction of sp³-hybridized carbons (Fsp3) is 0.375. The number of nitrogens with one attached hydrogen (secondary N) is 1. The number of rotatable bonds is 3. The molecule has 0 bridgehead atoms. The zero-order valence-electron chi connectivity index (χ0n) is 12.7. The zero-order valence-corrected chi connectivity index (χ0v) is 12.7. The molecule has 0 radical (unpaired) electrons. The van der Waals surface area contributed by atoms with E-state index in [0.29, 0.717) is 17.3 Å². The van der Waals surface area contributed by atoms with Crippen molar-refractivity contribution in [1.29, 1.82) is 0 Å². The Hall–Kier alpha value is -2.30. The number of carbonyl (C=O) groups excluding carboxylic acids is 1. The van der Waals surface area contributed by atoms with E-state index in [1.165, 1.54) is 6.07 Å². The maximum absolute atomic E-state index is 12.0. The van der Waals surface area contributed by atoms with Gasteiger partial charge in [0.05, 0.1) is 12.1 Å². The largest absolute Gasteiger partial charge is 0.508 e. The summed E-state index contributed by atoms with van der Waals surface area (Å²) in [7, 11) is 0. The molecule has 0 aliphatic carbocycles. The molecule has 112 valence electrons. The lowest BCUT2D eigenvalue weighted by molar-refractivity contribution is -0.115. The summed E-state index contributed by atoms with van der Waals surface area (Å²) >= 11 is 0. The van der Waals surface area contributed by atoms with Crippen molar-refractivity contribution in [2.24, 2.45) is 0 Å². The number of aromatic hydroxyl groups is 1. The molecule has 21 heavy (non-hydrogen) atoms. The van der Waals surface area contributed by atoms with Crippen LogP contribution in [0.3, 0.4) is 0 Å². The number of oxazole rings is 1. The van der Waals surface area contributed by atoms with Gasteiger partial charge in [-0.3, -0.25) is 4.79 Å². The van der Waals surface area contributed by atoms with Gasteiger partial charge < -0.3 is 14.8 Å². The number of anilines is 1. The molecule has 1 aromatic heterocycles. The first-order valence-electron chi connectivity index (χ1n) is 6.81. The quantitative estimate of drug-likeness (QED) is 0.909. The molecular weight excluding hydrogens is 268 g/mol. The Bertz CT molecular complexity index is 654. The zero-order chi connectivity index (χ0) is 15.6. The third-order valence-corrected chi connectivity index (χ3v) is 2.99. The SMILES string of the molecule is Cc1nc(C(C)(C)C)oc1CC(=O)Nc1cccc(O)c1. The van der Waals surface area contributed by atoms with E-state index >= 15 is 0 Å². The summed E-state index contributed by atoms with van der Waals surface area (Å²) < 4.78 is 5.69. The topological polar surface area (TPSA) is 75.4 Å². The molecule has 0 saturated carbocycles. The van der Waals surface area contributed by atoms with Gasteiger partial charge in [0.15, 0.2) is 5.89 Å². The molecule has 0 aliphatic rings. The van der Waals surface area contributed by atoms with E-state index in [2.05, 4.69) is 10.3 Å². The van der Waals surface area contributed by atoms with Gasteiger partial charge in [-0.05, 0) is 19.1 Å². The van der Waals surface area contributed by atoms with Crippen LogP contribution in [0.15, 0.2) is 28.7 Å². The van der Waals surface area contributed by atoms with Crippen LogP contribution in [0.25, 0.3) is 0 Å². The minimum atomic E-state index is -0.208. The lowest BCUT2D eigenvalue weighted by Crippen LogP contribution is -2.14. The third kappa shape index (κ3) is 3.84. The second kappa shape index (κ2) is 5.60. The highest BCUT2D eigenvalue weighted by atomic mass is 16.4. The fourth-order valence-electron chi connectivity index (χ4n) is 1.85. The molecule has 1 amide bonds. The van der Waals surface area contributed by atoms with E-state index in [1.807, 2.05) is 27.7 Å². The number of nitrogens with zero attached hydrogens (tertiary/aromatic N) is 1. The average molecular weight is 288 g/mol. The van der Waals surface area contributed by atoms with Crippen LogP contribution in [0.5, 0.6) is 5.75 Å². The number of amides is 1. The van der Waals surface area contributed by atoms with Crippen LogP contribution < -0.4 is 5.32 Å². The third-order valence-electron chi connectivity index (χ3n) is 2.99. The van der Waals surface area contributed by atoms with Crippen LogP contribution in [0, 0.1) is 6.92 Å². The summed E-state index contributed by atoms with van der Waals surface area (Å²) in [5.41, 5.74) is 1.09. The van der Waals surface area contributed by atoms with Gasteiger partial charge in [-0.1, -0.05) is 26.8 Å². The lowest BCUT2D eigenvalue weighted by atomic mass is 9.97. The summed E-state index contributed by atoms with van der Waals surface area (Å²) in [5, 5.41) is 12.1. The second-order valence-electron chi connectivity index (χ2n) is 6.05. The van der Waals surface area contributed by atoms with Crippen molar-refractivity contribution in [2.75, 3.05) is 5.32 Å². The molecule has 2 aromatic rings. The molecule has 0 saturated heterocycles. The Kier molecular flexibility index (Phi) is 4.02. The van der Waals surface area contributed by atoms with Gasteiger partial charge >= 0.3 is 0 Å². The highest BCUT2D eigenvalue weighted by molar-refractivity contribution is 5.92. The van der Waals surface area contributed by atoms with E-state index in [4.69, 9.17) is 4.42 Å². The van der Waals surface area contributed by atoms with Crippen LogP contribution >= 0.6 is 0 Å². The van der Waals surface area contributed by atoms with Gasteiger partial charge in [-0.2, -0.15) is 0 Å². The van der Waals surface area contributed by atoms with Gasteiger partial charge in [-0.25, -0.2) is 4.98 Å². The Morgan fingerprint density at radius 3 is 2.67 bits per heavy atom. The number of aryl methyl sites for hydroxylation is 1. The molecule has 5 heteroatoms. The van der Waals surface area contributed by atoms with E-state index in [-0.39, 0.29) is 23.5 Å². The van der Waals surface area contributed by atoms with E-state index in [1.54, 1.807) is 18.2 Å². The smallest absolute Gasteiger partial charge is 0.232 e. The molecule has 0 aliphatic heterocycles. The predicted molar refractivity (Wildman–Crippen MR) is 80.4 cm³/mol. The van der Waals surface area contributed by atoms with Crippen LogP contribution in [0.2, 0.25) is 0 Å². The number of hydrogen-bond donors (Lipinski definition) is 2. The summed E-state index contributed by atoms with van der Waals surface area (Å²) in [4.78, 5) is 16.4. The van der Waals surface area contributed by atoms with Gasteiger partial charge in [0.2, 0.25) is 5.91 Å². The van der Waals surface area contributed by atoms with Crippen molar-refractivity contribution < 1.29 is 14.3 Å². The molecule has 0 atom stereocenters. The maximum Gasteiger partial charge on any atom is 0.232 e. The molecule has 1 aromatic carbocycles. The lowest BCUT2D eigenvalue weighted by Gasteiger charge is -2.12. The Morgan fingerprint density at radius 2 is 2.10 bits per heavy atom. The van der Waals surface area contributed by atoms with E-state index < -0.39 is 0 Å². The number of carbonyl (C=O) groups is 1. The van der Waals surface area contributed by atoms with Gasteiger partial charge in [0.25, 0.3) is 0 Å². The molecule has 1 heterocycles. The van der Waals surface area contributed by atoms with Crippen LogP contribution in [-0.2, 0) is 16.6 Å². The molecule has 0 fully saturated rings. The first kappa shape index (κ1) is 15.1. The van der Waals surface area contributed by atoms with Crippen LogP contribution in [-0.4, -0.2) is 16.0 Å². The standard InChI is InChI=1S/C16H20N2O3/c1-10-13(21-15(17-10)16(2,3)4)9-14(20)18-11-6-5-7-12(19)8-11/h5-8,19H,9H2,1-4H3,(H,18,20). The van der Waals surface area contributed by atoms with Crippen molar-refractivity contribution in [3.63, 3.8) is 0 Å². The Labute approximate surface area is 124 Å². The molecule has 2 rings (SSSR count). The number of hydrogen-bond acceptors (Lipinski definition) is 4. The normalized spacial score (nSPS) is 11.4. The molecule has 2 N–H and O–H groups in total.